The van der Waals surface area contributed by atoms with Crippen LogP contribution in [0.1, 0.15) is 0 Å². The number of fused-ring (bicyclic) bond motifs is 12. The van der Waals surface area contributed by atoms with Gasteiger partial charge in [0.2, 0.25) is 0 Å². The van der Waals surface area contributed by atoms with E-state index in [1.807, 2.05) is 0 Å². The van der Waals surface area contributed by atoms with Gasteiger partial charge >= 0.3 is 0 Å². The van der Waals surface area contributed by atoms with Crippen molar-refractivity contribution < 1.29 is 0 Å². The molecule has 0 atom stereocenters. The molecule has 0 aliphatic carbocycles. The summed E-state index contributed by atoms with van der Waals surface area (Å²) in [5.41, 5.74) is 6.27. The van der Waals surface area contributed by atoms with Crippen LogP contribution in [0.2, 0.25) is 0 Å². The van der Waals surface area contributed by atoms with Crippen LogP contribution < -0.4 is 0 Å². The van der Waals surface area contributed by atoms with Crippen molar-refractivity contribution >= 4 is 65.2 Å². The van der Waals surface area contributed by atoms with E-state index in [9.17, 15) is 0 Å². The number of aryl methyl sites for hydroxylation is 1. The van der Waals surface area contributed by atoms with Crippen molar-refractivity contribution in [1.82, 2.24) is 9.13 Å². The molecule has 0 spiro atoms. The van der Waals surface area contributed by atoms with Gasteiger partial charge in [0.15, 0.2) is 0 Å². The molecule has 0 bridgehead atoms. The van der Waals surface area contributed by atoms with Crippen LogP contribution >= 0.6 is 0 Å². The smallest absolute Gasteiger partial charge is 0.0647 e. The molecule has 0 N–H and O–H groups in total. The summed E-state index contributed by atoms with van der Waals surface area (Å²) in [6.07, 6.45) is 0. The predicted octanol–water partition coefficient (Wildman–Crippen LogP) is 8.74. The van der Waals surface area contributed by atoms with Gasteiger partial charge in [0.1, 0.15) is 0 Å². The lowest BCUT2D eigenvalue weighted by molar-refractivity contribution is 1.02. The molecule has 164 valence electrons. The number of benzene rings is 6. The fourth-order valence-electron chi connectivity index (χ4n) is 6.26. The molecule has 8 rings (SSSR count). The zero-order valence-corrected chi connectivity index (χ0v) is 19.4. The van der Waals surface area contributed by atoms with Gasteiger partial charge in [-0.25, -0.2) is 0 Å². The molecule has 0 unspecified atom stereocenters. The Labute approximate surface area is 202 Å². The first kappa shape index (κ1) is 18.8. The molecule has 35 heavy (non-hydrogen) atoms. The second-order valence-electron chi connectivity index (χ2n) is 9.42. The van der Waals surface area contributed by atoms with Gasteiger partial charge in [-0.15, -0.1) is 0 Å². The highest BCUT2D eigenvalue weighted by Crippen LogP contribution is 2.47. The van der Waals surface area contributed by atoms with Gasteiger partial charge in [-0.1, -0.05) is 91.0 Å². The van der Waals surface area contributed by atoms with Crippen LogP contribution in [0.5, 0.6) is 0 Å². The quantitative estimate of drug-likeness (QED) is 0.239. The van der Waals surface area contributed by atoms with Crippen molar-refractivity contribution in [3.63, 3.8) is 0 Å². The van der Waals surface area contributed by atoms with E-state index in [1.54, 1.807) is 0 Å². The highest BCUT2D eigenvalue weighted by molar-refractivity contribution is 6.39. The van der Waals surface area contributed by atoms with E-state index in [2.05, 4.69) is 131 Å². The van der Waals surface area contributed by atoms with Crippen LogP contribution in [-0.2, 0) is 7.05 Å². The minimum atomic E-state index is 1.19. The number of hydrogen-bond donors (Lipinski definition) is 0. The maximum Gasteiger partial charge on any atom is 0.0647 e. The Morgan fingerprint density at radius 1 is 0.429 bits per heavy atom. The number of aromatic nitrogens is 2. The first-order valence-corrected chi connectivity index (χ1v) is 12.1. The Morgan fingerprint density at radius 3 is 1.91 bits per heavy atom. The first-order chi connectivity index (χ1) is 17.3. The van der Waals surface area contributed by atoms with Crippen molar-refractivity contribution in [2.75, 3.05) is 0 Å². The third-order valence-corrected chi connectivity index (χ3v) is 7.67. The first-order valence-electron chi connectivity index (χ1n) is 12.1. The van der Waals surface area contributed by atoms with Crippen LogP contribution in [0, 0.1) is 0 Å². The molecular weight excluding hydrogens is 424 g/mol. The SMILES string of the molecule is Cn1c2ccccc2c2c1c1ccccc1c1c3c4ccccc4ccc3n(-c3ccccc3)c12. The minimum Gasteiger partial charge on any atom is -0.343 e. The zero-order valence-electron chi connectivity index (χ0n) is 19.4. The van der Waals surface area contributed by atoms with Gasteiger partial charge in [0, 0.05) is 45.2 Å². The Balaban J connectivity index is 1.83. The highest BCUT2D eigenvalue weighted by Gasteiger charge is 2.23. The Kier molecular flexibility index (Phi) is 3.62. The summed E-state index contributed by atoms with van der Waals surface area (Å²) in [6, 6.07) is 41.9. The number of hydrogen-bond acceptors (Lipinski definition) is 0. The van der Waals surface area contributed by atoms with Crippen molar-refractivity contribution in [2.24, 2.45) is 7.05 Å². The monoisotopic (exact) mass is 446 g/mol. The molecule has 6 aromatic carbocycles. The van der Waals surface area contributed by atoms with E-state index in [4.69, 9.17) is 0 Å². The predicted molar refractivity (Wildman–Crippen MR) is 150 cm³/mol. The maximum atomic E-state index is 2.48. The molecule has 2 heteroatoms. The largest absolute Gasteiger partial charge is 0.343 e. The lowest BCUT2D eigenvalue weighted by Crippen LogP contribution is -1.94. The summed E-state index contributed by atoms with van der Waals surface area (Å²) in [7, 11) is 2.20. The van der Waals surface area contributed by atoms with E-state index < -0.39 is 0 Å². The van der Waals surface area contributed by atoms with Crippen LogP contribution in [-0.4, -0.2) is 9.13 Å². The average Bonchev–Trinajstić information content (AvgIpc) is 3.43. The highest BCUT2D eigenvalue weighted by atomic mass is 15.0. The van der Waals surface area contributed by atoms with E-state index >= 15 is 0 Å². The molecule has 0 fully saturated rings. The Hall–Kier alpha value is -4.56. The van der Waals surface area contributed by atoms with Crippen LogP contribution in [0.4, 0.5) is 0 Å². The van der Waals surface area contributed by atoms with Crippen LogP contribution in [0.15, 0.2) is 115 Å². The Morgan fingerprint density at radius 2 is 1.09 bits per heavy atom. The van der Waals surface area contributed by atoms with Gasteiger partial charge < -0.3 is 9.13 Å². The van der Waals surface area contributed by atoms with Crippen LogP contribution in [0.25, 0.3) is 70.8 Å². The second-order valence-corrected chi connectivity index (χ2v) is 9.42. The molecule has 0 saturated heterocycles. The lowest BCUT2D eigenvalue weighted by atomic mass is 9.97. The number of para-hydroxylation sites is 2. The maximum absolute atomic E-state index is 2.48. The summed E-state index contributed by atoms with van der Waals surface area (Å²) >= 11 is 0. The molecule has 0 aliphatic rings. The second kappa shape index (κ2) is 6.74. The van der Waals surface area contributed by atoms with Crippen molar-refractivity contribution in [2.45, 2.75) is 0 Å². The molecule has 8 aromatic rings. The fraction of sp³-hybridized carbons (Fsp3) is 0.0303. The normalized spacial score (nSPS) is 12.1. The lowest BCUT2D eigenvalue weighted by Gasteiger charge is -2.11. The summed E-state index contributed by atoms with van der Waals surface area (Å²) in [5, 5.41) is 10.5. The van der Waals surface area contributed by atoms with E-state index in [0.717, 1.165) is 0 Å². The standard InChI is InChI=1S/C33H22N2/c1-34-27-18-10-9-17-26(27)31-32(34)25-16-8-7-15-24(25)30-29-23-14-6-5-11-21(23)19-20-28(29)35(33(30)31)22-12-3-2-4-13-22/h2-20H,1H3. The van der Waals surface area contributed by atoms with Crippen molar-refractivity contribution in [1.29, 1.82) is 0 Å². The van der Waals surface area contributed by atoms with Gasteiger partial charge in [-0.2, -0.15) is 0 Å². The van der Waals surface area contributed by atoms with Gasteiger partial charge in [0.25, 0.3) is 0 Å². The third-order valence-electron chi connectivity index (χ3n) is 7.67. The molecule has 0 saturated carbocycles. The molecule has 2 nitrogen and oxygen atoms in total. The molecule has 2 heterocycles. The molecule has 0 aliphatic heterocycles. The third kappa shape index (κ3) is 2.33. The van der Waals surface area contributed by atoms with E-state index in [-0.39, 0.29) is 0 Å². The molecule has 0 amide bonds. The topological polar surface area (TPSA) is 9.86 Å². The van der Waals surface area contributed by atoms with Gasteiger partial charge in [0.05, 0.1) is 16.6 Å². The molecule has 2 aromatic heterocycles. The summed E-state index contributed by atoms with van der Waals surface area (Å²) in [5.74, 6) is 0. The van der Waals surface area contributed by atoms with Crippen LogP contribution in [0.3, 0.4) is 0 Å². The van der Waals surface area contributed by atoms with E-state index in [0.29, 0.717) is 0 Å². The molecular formula is C33H22N2. The summed E-state index contributed by atoms with van der Waals surface area (Å²) < 4.78 is 4.86. The zero-order chi connectivity index (χ0) is 23.1. The summed E-state index contributed by atoms with van der Waals surface area (Å²) in [6.45, 7) is 0. The van der Waals surface area contributed by atoms with Crippen molar-refractivity contribution in [3.8, 4) is 5.69 Å². The van der Waals surface area contributed by atoms with Crippen molar-refractivity contribution in [3.05, 3.63) is 115 Å². The summed E-state index contributed by atoms with van der Waals surface area (Å²) in [4.78, 5) is 0. The number of rotatable bonds is 1. The minimum absolute atomic E-state index is 1.19. The Bertz CT molecular complexity index is 2110. The average molecular weight is 447 g/mol. The number of nitrogens with zero attached hydrogens (tertiary/aromatic N) is 2. The van der Waals surface area contributed by atoms with Gasteiger partial charge in [-0.3, -0.25) is 0 Å². The molecule has 0 radical (unpaired) electrons. The van der Waals surface area contributed by atoms with Gasteiger partial charge in [-0.05, 0) is 40.4 Å². The van der Waals surface area contributed by atoms with E-state index in [1.165, 1.54) is 70.8 Å². The fourth-order valence-corrected chi connectivity index (χ4v) is 6.26.